The number of rotatable bonds is 4. The Morgan fingerprint density at radius 2 is 1.80 bits per heavy atom. The number of hydrogen-bond donors (Lipinski definition) is 0. The summed E-state index contributed by atoms with van der Waals surface area (Å²) in [6.45, 7) is 4.13. The number of nitrogens with zero attached hydrogens (tertiary/aromatic N) is 1. The van der Waals surface area contributed by atoms with E-state index in [0.29, 0.717) is 5.56 Å². The summed E-state index contributed by atoms with van der Waals surface area (Å²) in [4.78, 5) is 12.0. The number of benzene rings is 1. The molecule has 1 aromatic heterocycles. The van der Waals surface area contributed by atoms with Crippen molar-refractivity contribution in [2.24, 2.45) is 0 Å². The van der Waals surface area contributed by atoms with Crippen molar-refractivity contribution in [2.45, 2.75) is 19.9 Å². The van der Waals surface area contributed by atoms with Gasteiger partial charge >= 0.3 is 5.97 Å². The van der Waals surface area contributed by atoms with E-state index in [4.69, 9.17) is 9.47 Å². The maximum absolute atomic E-state index is 12.0. The number of methoxy groups -OCH3 is 2. The van der Waals surface area contributed by atoms with Gasteiger partial charge in [-0.15, -0.1) is 0 Å². The molecule has 0 N–H and O–H groups in total. The summed E-state index contributed by atoms with van der Waals surface area (Å²) >= 11 is 0. The largest absolute Gasteiger partial charge is 0.496 e. The van der Waals surface area contributed by atoms with E-state index in [-0.39, 0.29) is 12.0 Å². The van der Waals surface area contributed by atoms with Crippen LogP contribution < -0.4 is 4.74 Å². The molecule has 0 spiro atoms. The Bertz CT molecular complexity index is 614. The van der Waals surface area contributed by atoms with Crippen LogP contribution in [0.3, 0.4) is 0 Å². The molecule has 4 nitrogen and oxygen atoms in total. The Labute approximate surface area is 118 Å². The molecule has 0 amide bonds. The number of ether oxygens (including phenoxy) is 2. The second-order valence-corrected chi connectivity index (χ2v) is 4.82. The van der Waals surface area contributed by atoms with Gasteiger partial charge in [0.25, 0.3) is 0 Å². The van der Waals surface area contributed by atoms with E-state index in [9.17, 15) is 4.79 Å². The second-order valence-electron chi connectivity index (χ2n) is 4.82. The first-order valence-electron chi connectivity index (χ1n) is 6.51. The molecule has 0 unspecified atom stereocenters. The summed E-state index contributed by atoms with van der Waals surface area (Å²) < 4.78 is 12.2. The number of para-hydroxylation sites is 1. The first-order chi connectivity index (χ1) is 9.58. The predicted octanol–water partition coefficient (Wildman–Crippen LogP) is 3.53. The number of carbonyl (C=O) groups is 1. The lowest BCUT2D eigenvalue weighted by molar-refractivity contribution is 0.0601. The summed E-state index contributed by atoms with van der Waals surface area (Å²) in [7, 11) is 3.01. The van der Waals surface area contributed by atoms with Gasteiger partial charge in [-0.25, -0.2) is 4.79 Å². The molecule has 2 rings (SSSR count). The van der Waals surface area contributed by atoms with Gasteiger partial charge in [-0.3, -0.25) is 0 Å². The zero-order chi connectivity index (χ0) is 14.7. The van der Waals surface area contributed by atoms with Crippen molar-refractivity contribution in [2.75, 3.05) is 14.2 Å². The third kappa shape index (κ3) is 2.54. The molecule has 0 aliphatic rings. The lowest BCUT2D eigenvalue weighted by atomic mass is 10.0. The van der Waals surface area contributed by atoms with Crippen LogP contribution in [-0.4, -0.2) is 24.8 Å². The highest BCUT2D eigenvalue weighted by Crippen LogP contribution is 2.33. The van der Waals surface area contributed by atoms with Crippen LogP contribution in [0.1, 0.15) is 30.2 Å². The number of aromatic nitrogens is 1. The standard InChI is InChI=1S/C16H19NO3/c1-11(2)17-9-13(14(10-17)16(18)20-4)12-7-5-6-8-15(12)19-3/h5-11H,1-4H3. The van der Waals surface area contributed by atoms with Crippen molar-refractivity contribution in [3.05, 3.63) is 42.2 Å². The van der Waals surface area contributed by atoms with Crippen LogP contribution in [0.25, 0.3) is 11.1 Å². The smallest absolute Gasteiger partial charge is 0.340 e. The van der Waals surface area contributed by atoms with Crippen LogP contribution in [0.2, 0.25) is 0 Å². The topological polar surface area (TPSA) is 40.5 Å². The minimum absolute atomic E-state index is 0.266. The lowest BCUT2D eigenvalue weighted by Gasteiger charge is -2.08. The average Bonchev–Trinajstić information content (AvgIpc) is 2.91. The molecule has 2 aromatic rings. The Morgan fingerprint density at radius 1 is 1.10 bits per heavy atom. The van der Waals surface area contributed by atoms with Gasteiger partial charge in [-0.1, -0.05) is 18.2 Å². The molecular weight excluding hydrogens is 254 g/mol. The molecule has 0 aliphatic heterocycles. The van der Waals surface area contributed by atoms with Gasteiger partial charge in [-0.05, 0) is 19.9 Å². The van der Waals surface area contributed by atoms with E-state index in [1.165, 1.54) is 7.11 Å². The van der Waals surface area contributed by atoms with E-state index in [2.05, 4.69) is 13.8 Å². The van der Waals surface area contributed by atoms with Crippen LogP contribution in [0.5, 0.6) is 5.75 Å². The number of esters is 1. The summed E-state index contributed by atoms with van der Waals surface area (Å²) in [6.07, 6.45) is 3.77. The summed E-state index contributed by atoms with van der Waals surface area (Å²) in [6, 6.07) is 7.90. The molecule has 0 fully saturated rings. The predicted molar refractivity (Wildman–Crippen MR) is 78.1 cm³/mol. The van der Waals surface area contributed by atoms with Gasteiger partial charge in [0.05, 0.1) is 19.8 Å². The average molecular weight is 273 g/mol. The molecule has 0 saturated heterocycles. The lowest BCUT2D eigenvalue weighted by Crippen LogP contribution is -2.02. The fraction of sp³-hybridized carbons (Fsp3) is 0.312. The minimum Gasteiger partial charge on any atom is -0.496 e. The van der Waals surface area contributed by atoms with E-state index in [1.54, 1.807) is 7.11 Å². The van der Waals surface area contributed by atoms with Crippen LogP contribution >= 0.6 is 0 Å². The van der Waals surface area contributed by atoms with Crippen molar-refractivity contribution < 1.29 is 14.3 Å². The second kappa shape index (κ2) is 5.82. The first-order valence-corrected chi connectivity index (χ1v) is 6.51. The molecule has 0 bridgehead atoms. The van der Waals surface area contributed by atoms with Crippen molar-refractivity contribution in [1.29, 1.82) is 0 Å². The Kier molecular flexibility index (Phi) is 4.13. The molecular formula is C16H19NO3. The molecule has 0 radical (unpaired) electrons. The zero-order valence-corrected chi connectivity index (χ0v) is 12.2. The Balaban J connectivity index is 2.62. The molecule has 0 saturated carbocycles. The van der Waals surface area contributed by atoms with E-state index < -0.39 is 0 Å². The highest BCUT2D eigenvalue weighted by Gasteiger charge is 2.19. The van der Waals surface area contributed by atoms with Gasteiger partial charge in [-0.2, -0.15) is 0 Å². The summed E-state index contributed by atoms with van der Waals surface area (Å²) in [5.74, 6) is 0.393. The van der Waals surface area contributed by atoms with Crippen molar-refractivity contribution in [3.63, 3.8) is 0 Å². The minimum atomic E-state index is -0.342. The van der Waals surface area contributed by atoms with Gasteiger partial charge in [0.15, 0.2) is 0 Å². The molecule has 0 atom stereocenters. The maximum Gasteiger partial charge on any atom is 0.340 e. The maximum atomic E-state index is 12.0. The third-order valence-corrected chi connectivity index (χ3v) is 3.25. The van der Waals surface area contributed by atoms with Gasteiger partial charge in [0.2, 0.25) is 0 Å². The quantitative estimate of drug-likeness (QED) is 0.800. The summed E-state index contributed by atoms with van der Waals surface area (Å²) in [5.41, 5.74) is 2.25. The number of carbonyl (C=O) groups excluding carboxylic acids is 1. The monoisotopic (exact) mass is 273 g/mol. The van der Waals surface area contributed by atoms with Crippen LogP contribution in [0.4, 0.5) is 0 Å². The molecule has 1 heterocycles. The summed E-state index contributed by atoms with van der Waals surface area (Å²) in [5, 5.41) is 0. The Hall–Kier alpha value is -2.23. The third-order valence-electron chi connectivity index (χ3n) is 3.25. The van der Waals surface area contributed by atoms with Gasteiger partial charge in [0.1, 0.15) is 5.75 Å². The fourth-order valence-electron chi connectivity index (χ4n) is 2.13. The van der Waals surface area contributed by atoms with Crippen molar-refractivity contribution in [3.8, 4) is 16.9 Å². The van der Waals surface area contributed by atoms with E-state index >= 15 is 0 Å². The van der Waals surface area contributed by atoms with Crippen LogP contribution in [0.15, 0.2) is 36.7 Å². The highest BCUT2D eigenvalue weighted by atomic mass is 16.5. The van der Waals surface area contributed by atoms with E-state index in [0.717, 1.165) is 16.9 Å². The normalized spacial score (nSPS) is 10.7. The van der Waals surface area contributed by atoms with E-state index in [1.807, 2.05) is 41.2 Å². The molecule has 4 heteroatoms. The molecule has 1 aromatic carbocycles. The SMILES string of the molecule is COC(=O)c1cn(C(C)C)cc1-c1ccccc1OC. The molecule has 0 aliphatic carbocycles. The van der Waals surface area contributed by atoms with Gasteiger partial charge < -0.3 is 14.0 Å². The highest BCUT2D eigenvalue weighted by molar-refractivity contribution is 5.98. The van der Waals surface area contributed by atoms with Crippen molar-refractivity contribution >= 4 is 5.97 Å². The van der Waals surface area contributed by atoms with Crippen LogP contribution in [-0.2, 0) is 4.74 Å². The fourth-order valence-corrected chi connectivity index (χ4v) is 2.13. The van der Waals surface area contributed by atoms with Gasteiger partial charge in [0, 0.05) is 29.6 Å². The zero-order valence-electron chi connectivity index (χ0n) is 12.2. The number of hydrogen-bond acceptors (Lipinski definition) is 3. The first kappa shape index (κ1) is 14.2. The molecule has 20 heavy (non-hydrogen) atoms. The van der Waals surface area contributed by atoms with Crippen LogP contribution in [0, 0.1) is 0 Å². The molecule has 106 valence electrons. The van der Waals surface area contributed by atoms with Crippen molar-refractivity contribution in [1.82, 2.24) is 4.57 Å². The Morgan fingerprint density at radius 3 is 2.40 bits per heavy atom.